The molecule has 3 aromatic carbocycles. The Morgan fingerprint density at radius 1 is 0.828 bits per heavy atom. The number of halogens is 2. The van der Waals surface area contributed by atoms with Gasteiger partial charge in [-0.15, -0.1) is 0 Å². The lowest BCUT2D eigenvalue weighted by Crippen LogP contribution is -1.93. The summed E-state index contributed by atoms with van der Waals surface area (Å²) >= 11 is 0. The Bertz CT molecular complexity index is 1070. The van der Waals surface area contributed by atoms with Crippen LogP contribution in [0.2, 0.25) is 0 Å². The van der Waals surface area contributed by atoms with Gasteiger partial charge in [0.2, 0.25) is 0 Å². The van der Waals surface area contributed by atoms with Crippen LogP contribution in [0.4, 0.5) is 8.78 Å². The number of aryl methyl sites for hydroxylation is 2. The summed E-state index contributed by atoms with van der Waals surface area (Å²) in [5, 5.41) is 0. The molecule has 0 radical (unpaired) electrons. The second-order valence-electron chi connectivity index (χ2n) is 6.60. The summed E-state index contributed by atoms with van der Waals surface area (Å²) in [7, 11) is 1.62. The van der Waals surface area contributed by atoms with Gasteiger partial charge in [-0.3, -0.25) is 0 Å². The summed E-state index contributed by atoms with van der Waals surface area (Å²) in [4.78, 5) is 4.51. The third-order valence-corrected chi connectivity index (χ3v) is 4.68. The second-order valence-corrected chi connectivity index (χ2v) is 6.60. The summed E-state index contributed by atoms with van der Waals surface area (Å²) in [6.45, 7) is 0. The van der Waals surface area contributed by atoms with Gasteiger partial charge in [0, 0.05) is 12.0 Å². The molecule has 0 unspecified atom stereocenters. The summed E-state index contributed by atoms with van der Waals surface area (Å²) < 4.78 is 40.0. The first-order valence-corrected chi connectivity index (χ1v) is 9.28. The number of benzene rings is 3. The van der Waals surface area contributed by atoms with Crippen molar-refractivity contribution in [3.63, 3.8) is 0 Å². The van der Waals surface area contributed by atoms with E-state index in [1.807, 2.05) is 24.3 Å². The Morgan fingerprint density at radius 2 is 1.52 bits per heavy atom. The molecule has 0 N–H and O–H groups in total. The van der Waals surface area contributed by atoms with E-state index in [0.717, 1.165) is 11.3 Å². The molecule has 0 bridgehead atoms. The van der Waals surface area contributed by atoms with Crippen LogP contribution >= 0.6 is 0 Å². The molecule has 0 atom stereocenters. The molecule has 0 spiro atoms. The summed E-state index contributed by atoms with van der Waals surface area (Å²) in [5.74, 6) is 0.547. The maximum atomic E-state index is 14.4. The van der Waals surface area contributed by atoms with Crippen LogP contribution in [0.25, 0.3) is 22.6 Å². The largest absolute Gasteiger partial charge is 0.497 e. The van der Waals surface area contributed by atoms with Crippen molar-refractivity contribution in [1.29, 1.82) is 0 Å². The average molecular weight is 391 g/mol. The Kier molecular flexibility index (Phi) is 5.38. The Hall–Kier alpha value is -3.47. The van der Waals surface area contributed by atoms with E-state index in [0.29, 0.717) is 24.4 Å². The van der Waals surface area contributed by atoms with Crippen LogP contribution in [0.15, 0.2) is 77.2 Å². The van der Waals surface area contributed by atoms with E-state index >= 15 is 0 Å². The fourth-order valence-electron chi connectivity index (χ4n) is 3.21. The van der Waals surface area contributed by atoms with E-state index < -0.39 is 11.6 Å². The number of ether oxygens (including phenoxy) is 1. The van der Waals surface area contributed by atoms with Crippen LogP contribution in [0.3, 0.4) is 0 Å². The molecule has 5 heteroatoms. The molecule has 4 rings (SSSR count). The van der Waals surface area contributed by atoms with E-state index in [-0.39, 0.29) is 16.9 Å². The van der Waals surface area contributed by atoms with E-state index in [9.17, 15) is 8.78 Å². The van der Waals surface area contributed by atoms with E-state index in [1.54, 1.807) is 43.5 Å². The molecule has 0 saturated carbocycles. The van der Waals surface area contributed by atoms with Crippen molar-refractivity contribution >= 4 is 0 Å². The standard InChI is InChI=1S/C24H19F2NO2/c1-28-17-8-6-7-16(15-17)13-14-22-27-23(18-9-2-4-11-20(18)25)24(29-22)19-10-3-5-12-21(19)26/h2-12,15H,13-14H2,1H3. The maximum Gasteiger partial charge on any atom is 0.195 e. The molecule has 0 saturated heterocycles. The van der Waals surface area contributed by atoms with Crippen molar-refractivity contribution in [2.24, 2.45) is 0 Å². The molecule has 1 heterocycles. The predicted octanol–water partition coefficient (Wildman–Crippen LogP) is 6.08. The molecule has 29 heavy (non-hydrogen) atoms. The number of hydrogen-bond donors (Lipinski definition) is 0. The van der Waals surface area contributed by atoms with E-state index in [4.69, 9.17) is 9.15 Å². The number of nitrogens with zero attached hydrogens (tertiary/aromatic N) is 1. The molecule has 0 fully saturated rings. The number of hydrogen-bond acceptors (Lipinski definition) is 3. The molecular weight excluding hydrogens is 372 g/mol. The van der Waals surface area contributed by atoms with E-state index in [2.05, 4.69) is 4.98 Å². The van der Waals surface area contributed by atoms with Crippen LogP contribution < -0.4 is 4.74 Å². The molecular formula is C24H19F2NO2. The topological polar surface area (TPSA) is 35.3 Å². The van der Waals surface area contributed by atoms with Gasteiger partial charge in [-0.05, 0) is 48.4 Å². The van der Waals surface area contributed by atoms with Crippen LogP contribution in [-0.4, -0.2) is 12.1 Å². The molecule has 4 aromatic rings. The van der Waals surface area contributed by atoms with Gasteiger partial charge in [-0.25, -0.2) is 13.8 Å². The number of rotatable bonds is 6. The van der Waals surface area contributed by atoms with Gasteiger partial charge in [0.05, 0.1) is 12.7 Å². The monoisotopic (exact) mass is 391 g/mol. The number of methoxy groups -OCH3 is 1. The molecule has 0 amide bonds. The highest BCUT2D eigenvalue weighted by atomic mass is 19.1. The molecule has 0 aliphatic heterocycles. The van der Waals surface area contributed by atoms with Gasteiger partial charge in [0.1, 0.15) is 23.1 Å². The quantitative estimate of drug-likeness (QED) is 0.399. The molecule has 0 aliphatic carbocycles. The van der Waals surface area contributed by atoms with Crippen molar-refractivity contribution in [3.05, 3.63) is 95.9 Å². The lowest BCUT2D eigenvalue weighted by molar-refractivity contribution is 0.414. The molecule has 3 nitrogen and oxygen atoms in total. The van der Waals surface area contributed by atoms with Gasteiger partial charge in [0.15, 0.2) is 11.7 Å². The summed E-state index contributed by atoms with van der Waals surface area (Å²) in [5.41, 5.74) is 1.89. The number of aromatic nitrogens is 1. The predicted molar refractivity (Wildman–Crippen MR) is 108 cm³/mol. The number of oxazole rings is 1. The Morgan fingerprint density at radius 3 is 2.21 bits per heavy atom. The zero-order chi connectivity index (χ0) is 20.2. The minimum absolute atomic E-state index is 0.230. The van der Waals surface area contributed by atoms with E-state index in [1.165, 1.54) is 12.1 Å². The van der Waals surface area contributed by atoms with Crippen molar-refractivity contribution in [2.75, 3.05) is 7.11 Å². The van der Waals surface area contributed by atoms with Gasteiger partial charge >= 0.3 is 0 Å². The third-order valence-electron chi connectivity index (χ3n) is 4.68. The van der Waals surface area contributed by atoms with Crippen LogP contribution in [0.1, 0.15) is 11.5 Å². The fourth-order valence-corrected chi connectivity index (χ4v) is 3.21. The Labute approximate surface area is 167 Å². The van der Waals surface area contributed by atoms with Gasteiger partial charge in [-0.2, -0.15) is 0 Å². The smallest absolute Gasteiger partial charge is 0.195 e. The highest BCUT2D eigenvalue weighted by Gasteiger charge is 2.21. The van der Waals surface area contributed by atoms with Crippen molar-refractivity contribution < 1.29 is 17.9 Å². The normalized spacial score (nSPS) is 10.9. The summed E-state index contributed by atoms with van der Waals surface area (Å²) in [6, 6.07) is 20.3. The van der Waals surface area contributed by atoms with Crippen molar-refractivity contribution in [1.82, 2.24) is 4.98 Å². The fraction of sp³-hybridized carbons (Fsp3) is 0.125. The van der Waals surface area contributed by atoms with Crippen LogP contribution in [-0.2, 0) is 12.8 Å². The van der Waals surface area contributed by atoms with Crippen molar-refractivity contribution in [2.45, 2.75) is 12.8 Å². The average Bonchev–Trinajstić information content (AvgIpc) is 3.17. The van der Waals surface area contributed by atoms with Gasteiger partial charge in [0.25, 0.3) is 0 Å². The van der Waals surface area contributed by atoms with Gasteiger partial charge < -0.3 is 9.15 Å². The highest BCUT2D eigenvalue weighted by Crippen LogP contribution is 2.35. The van der Waals surface area contributed by atoms with Crippen molar-refractivity contribution in [3.8, 4) is 28.3 Å². The second kappa shape index (κ2) is 8.27. The Balaban J connectivity index is 1.72. The lowest BCUT2D eigenvalue weighted by atomic mass is 10.1. The first kappa shape index (κ1) is 18.9. The third kappa shape index (κ3) is 4.04. The first-order chi connectivity index (χ1) is 14.2. The minimum Gasteiger partial charge on any atom is -0.497 e. The molecule has 1 aromatic heterocycles. The minimum atomic E-state index is -0.444. The molecule has 146 valence electrons. The van der Waals surface area contributed by atoms with Crippen LogP contribution in [0.5, 0.6) is 5.75 Å². The SMILES string of the molecule is COc1cccc(CCc2nc(-c3ccccc3F)c(-c3ccccc3F)o2)c1. The van der Waals surface area contributed by atoms with Gasteiger partial charge in [-0.1, -0.05) is 36.4 Å². The summed E-state index contributed by atoms with van der Waals surface area (Å²) in [6.07, 6.45) is 1.15. The highest BCUT2D eigenvalue weighted by molar-refractivity contribution is 5.77. The zero-order valence-electron chi connectivity index (χ0n) is 15.9. The van der Waals surface area contributed by atoms with Crippen LogP contribution in [0, 0.1) is 11.6 Å². The first-order valence-electron chi connectivity index (χ1n) is 9.28. The molecule has 0 aliphatic rings. The zero-order valence-corrected chi connectivity index (χ0v) is 15.9. The lowest BCUT2D eigenvalue weighted by Gasteiger charge is -2.03. The maximum absolute atomic E-state index is 14.4.